The molecule has 19 heavy (non-hydrogen) atoms. The molecular weight excluding hydrogens is 306 g/mol. The minimum atomic E-state index is 0.167. The molecule has 0 amide bonds. The van der Waals surface area contributed by atoms with Crippen LogP contribution in [-0.4, -0.2) is 23.8 Å². The highest BCUT2D eigenvalue weighted by atomic mass is 79.9. The number of benzene rings is 1. The van der Waals surface area contributed by atoms with Crippen LogP contribution in [0, 0.1) is 0 Å². The molecule has 104 valence electrons. The second-order valence-corrected chi connectivity index (χ2v) is 5.35. The first-order valence-electron chi connectivity index (χ1n) is 6.85. The fraction of sp³-hybridized carbons (Fsp3) is 0.533. The summed E-state index contributed by atoms with van der Waals surface area (Å²) in [6.45, 7) is 2.99. The van der Waals surface area contributed by atoms with E-state index in [1.807, 2.05) is 24.3 Å². The largest absolute Gasteiger partial charge is 0.494 e. The molecule has 1 aliphatic heterocycles. The number of oxime groups is 1. The zero-order valence-corrected chi connectivity index (χ0v) is 12.9. The molecule has 0 spiro atoms. The van der Waals surface area contributed by atoms with Crippen molar-refractivity contribution in [3.05, 3.63) is 29.8 Å². The molecule has 0 aliphatic carbocycles. The van der Waals surface area contributed by atoms with E-state index in [2.05, 4.69) is 28.0 Å². The van der Waals surface area contributed by atoms with Crippen LogP contribution in [0.15, 0.2) is 29.4 Å². The van der Waals surface area contributed by atoms with E-state index in [0.717, 1.165) is 41.8 Å². The third-order valence-corrected chi connectivity index (χ3v) is 3.83. The third kappa shape index (κ3) is 4.23. The van der Waals surface area contributed by atoms with E-state index in [0.29, 0.717) is 0 Å². The van der Waals surface area contributed by atoms with E-state index in [1.54, 1.807) is 0 Å². The van der Waals surface area contributed by atoms with Gasteiger partial charge in [0.25, 0.3) is 0 Å². The number of hydrogen-bond donors (Lipinski definition) is 0. The summed E-state index contributed by atoms with van der Waals surface area (Å²) in [6, 6.07) is 8.11. The zero-order chi connectivity index (χ0) is 13.5. The quantitative estimate of drug-likeness (QED) is 0.557. The maximum absolute atomic E-state index is 5.69. The first-order chi connectivity index (χ1) is 9.33. The van der Waals surface area contributed by atoms with Crippen molar-refractivity contribution >= 4 is 21.6 Å². The smallest absolute Gasteiger partial charge is 0.142 e. The molecule has 0 bridgehead atoms. The van der Waals surface area contributed by atoms with Crippen molar-refractivity contribution in [2.45, 2.75) is 38.7 Å². The monoisotopic (exact) mass is 325 g/mol. The molecule has 0 radical (unpaired) electrons. The van der Waals surface area contributed by atoms with Gasteiger partial charge in [-0.05, 0) is 36.2 Å². The van der Waals surface area contributed by atoms with Gasteiger partial charge in [-0.25, -0.2) is 0 Å². The Morgan fingerprint density at radius 2 is 2.11 bits per heavy atom. The first kappa shape index (κ1) is 14.4. The van der Waals surface area contributed by atoms with Crippen LogP contribution < -0.4 is 4.74 Å². The van der Waals surface area contributed by atoms with Gasteiger partial charge in [0.2, 0.25) is 0 Å². The summed E-state index contributed by atoms with van der Waals surface area (Å²) in [5.41, 5.74) is 2.13. The number of ether oxygens (including phenoxy) is 1. The second-order valence-electron chi connectivity index (χ2n) is 4.70. The molecular formula is C15H20BrNO2. The molecule has 0 aromatic heterocycles. The van der Waals surface area contributed by atoms with E-state index in [1.165, 1.54) is 12.8 Å². The van der Waals surface area contributed by atoms with E-state index in [9.17, 15) is 0 Å². The van der Waals surface area contributed by atoms with Gasteiger partial charge in [-0.2, -0.15) is 0 Å². The van der Waals surface area contributed by atoms with Crippen molar-refractivity contribution in [2.24, 2.45) is 5.16 Å². The van der Waals surface area contributed by atoms with Crippen LogP contribution in [0.2, 0.25) is 0 Å². The molecule has 1 aromatic carbocycles. The lowest BCUT2D eigenvalue weighted by Gasteiger charge is -2.06. The van der Waals surface area contributed by atoms with Crippen LogP contribution >= 0.6 is 15.9 Å². The molecule has 4 heteroatoms. The van der Waals surface area contributed by atoms with Gasteiger partial charge in [0.05, 0.1) is 12.3 Å². The van der Waals surface area contributed by atoms with Gasteiger partial charge in [-0.3, -0.25) is 0 Å². The van der Waals surface area contributed by atoms with Crippen molar-refractivity contribution in [1.82, 2.24) is 0 Å². The molecule has 2 rings (SSSR count). The highest BCUT2D eigenvalue weighted by Gasteiger charge is 2.20. The molecule has 1 aliphatic rings. The molecule has 1 aromatic rings. The number of nitrogens with zero attached hydrogens (tertiary/aromatic N) is 1. The Morgan fingerprint density at radius 1 is 1.32 bits per heavy atom. The van der Waals surface area contributed by atoms with Crippen molar-refractivity contribution in [2.75, 3.05) is 11.9 Å². The zero-order valence-electron chi connectivity index (χ0n) is 11.3. The normalized spacial score (nSPS) is 18.0. The number of halogens is 1. The van der Waals surface area contributed by atoms with Crippen LogP contribution in [0.25, 0.3) is 0 Å². The maximum atomic E-state index is 5.69. The minimum Gasteiger partial charge on any atom is -0.494 e. The van der Waals surface area contributed by atoms with E-state index < -0.39 is 0 Å². The Labute approximate surface area is 123 Å². The second kappa shape index (κ2) is 7.53. The van der Waals surface area contributed by atoms with Crippen LogP contribution in [-0.2, 0) is 4.84 Å². The van der Waals surface area contributed by atoms with Crippen molar-refractivity contribution in [3.63, 3.8) is 0 Å². The average Bonchev–Trinajstić information content (AvgIpc) is 2.93. The molecule has 1 unspecified atom stereocenters. The van der Waals surface area contributed by atoms with Crippen LogP contribution in [0.4, 0.5) is 0 Å². The van der Waals surface area contributed by atoms with Crippen molar-refractivity contribution in [1.29, 1.82) is 0 Å². The fourth-order valence-electron chi connectivity index (χ4n) is 1.97. The number of rotatable bonds is 7. The SMILES string of the molecule is CCCCCOc1ccc(C2=NOC(CBr)C2)cc1. The summed E-state index contributed by atoms with van der Waals surface area (Å²) in [5.74, 6) is 0.927. The van der Waals surface area contributed by atoms with Crippen LogP contribution in [0.3, 0.4) is 0 Å². The number of unbranched alkanes of at least 4 members (excludes halogenated alkanes) is 2. The summed E-state index contributed by atoms with van der Waals surface area (Å²) in [7, 11) is 0. The summed E-state index contributed by atoms with van der Waals surface area (Å²) in [4.78, 5) is 5.30. The Bertz CT molecular complexity index is 417. The molecule has 0 N–H and O–H groups in total. The lowest BCUT2D eigenvalue weighted by atomic mass is 10.1. The Hall–Kier alpha value is -1.03. The summed E-state index contributed by atoms with van der Waals surface area (Å²) < 4.78 is 5.69. The van der Waals surface area contributed by atoms with Gasteiger partial charge < -0.3 is 9.57 Å². The highest BCUT2D eigenvalue weighted by molar-refractivity contribution is 9.09. The van der Waals surface area contributed by atoms with Crippen LogP contribution in [0.1, 0.15) is 38.2 Å². The summed E-state index contributed by atoms with van der Waals surface area (Å²) >= 11 is 3.41. The standard InChI is InChI=1S/C15H20BrNO2/c1-2-3-4-9-18-13-7-5-12(6-8-13)15-10-14(11-16)19-17-15/h5-8,14H,2-4,9-11H2,1H3. The highest BCUT2D eigenvalue weighted by Crippen LogP contribution is 2.20. The van der Waals surface area contributed by atoms with Gasteiger partial charge in [-0.1, -0.05) is 40.9 Å². The number of alkyl halides is 1. The molecule has 1 atom stereocenters. The Balaban J connectivity index is 1.85. The third-order valence-electron chi connectivity index (χ3n) is 3.11. The lowest BCUT2D eigenvalue weighted by molar-refractivity contribution is 0.104. The Morgan fingerprint density at radius 3 is 2.74 bits per heavy atom. The fourth-order valence-corrected chi connectivity index (χ4v) is 2.31. The average molecular weight is 326 g/mol. The number of hydrogen-bond acceptors (Lipinski definition) is 3. The van der Waals surface area contributed by atoms with E-state index in [4.69, 9.17) is 9.57 Å². The van der Waals surface area contributed by atoms with E-state index in [-0.39, 0.29) is 6.10 Å². The Kier molecular flexibility index (Phi) is 5.70. The molecule has 0 saturated heterocycles. The minimum absolute atomic E-state index is 0.167. The predicted molar refractivity (Wildman–Crippen MR) is 81.3 cm³/mol. The summed E-state index contributed by atoms with van der Waals surface area (Å²) in [5, 5.41) is 4.94. The van der Waals surface area contributed by atoms with Gasteiger partial charge in [0, 0.05) is 11.8 Å². The van der Waals surface area contributed by atoms with Crippen LogP contribution in [0.5, 0.6) is 5.75 Å². The maximum Gasteiger partial charge on any atom is 0.142 e. The predicted octanol–water partition coefficient (Wildman–Crippen LogP) is 4.14. The van der Waals surface area contributed by atoms with Gasteiger partial charge in [0.15, 0.2) is 0 Å². The first-order valence-corrected chi connectivity index (χ1v) is 7.97. The van der Waals surface area contributed by atoms with E-state index >= 15 is 0 Å². The van der Waals surface area contributed by atoms with Crippen molar-refractivity contribution < 1.29 is 9.57 Å². The molecule has 0 fully saturated rings. The topological polar surface area (TPSA) is 30.8 Å². The molecule has 3 nitrogen and oxygen atoms in total. The summed E-state index contributed by atoms with van der Waals surface area (Å²) in [6.07, 6.45) is 4.59. The van der Waals surface area contributed by atoms with Gasteiger partial charge in [-0.15, -0.1) is 0 Å². The van der Waals surface area contributed by atoms with Crippen molar-refractivity contribution in [3.8, 4) is 5.75 Å². The van der Waals surface area contributed by atoms with Gasteiger partial charge >= 0.3 is 0 Å². The molecule has 1 heterocycles. The van der Waals surface area contributed by atoms with Gasteiger partial charge in [0.1, 0.15) is 11.9 Å². The lowest BCUT2D eigenvalue weighted by Crippen LogP contribution is -2.09. The molecule has 0 saturated carbocycles.